The van der Waals surface area contributed by atoms with Crippen LogP contribution in [0.2, 0.25) is 0 Å². The predicted octanol–water partition coefficient (Wildman–Crippen LogP) is -1.26. The zero-order chi connectivity index (χ0) is 11.8. The fraction of sp³-hybridized carbons (Fsp3) is 0.125. The van der Waals surface area contributed by atoms with Crippen LogP contribution in [0, 0.1) is 0 Å². The van der Waals surface area contributed by atoms with E-state index in [-0.39, 0.29) is 17.0 Å². The minimum absolute atomic E-state index is 0.253. The van der Waals surface area contributed by atoms with Crippen molar-refractivity contribution in [3.63, 3.8) is 0 Å². The standard InChI is InChI=1S/C8H10AsNO5/c1-4(11)7-6(12)3-2-5(8(7)10)9(13,14)15/h2-3,12H,10H2,1H3,(H2,13,14,15). The number of nitrogens with two attached hydrogens (primary N) is 1. The first-order valence-corrected chi connectivity index (χ1v) is 7.32. The van der Waals surface area contributed by atoms with Crippen LogP contribution in [0.1, 0.15) is 17.3 Å². The Hall–Kier alpha value is -1.23. The second kappa shape index (κ2) is 3.73. The molecule has 0 unspecified atom stereocenters. The Kier molecular flexibility index (Phi) is 2.95. The van der Waals surface area contributed by atoms with Crippen LogP contribution in [0.3, 0.4) is 0 Å². The molecule has 1 aromatic carbocycles. The molecule has 1 rings (SSSR count). The van der Waals surface area contributed by atoms with Crippen LogP contribution in [0.25, 0.3) is 0 Å². The van der Waals surface area contributed by atoms with E-state index in [4.69, 9.17) is 13.9 Å². The van der Waals surface area contributed by atoms with Gasteiger partial charge in [-0.1, -0.05) is 0 Å². The topological polar surface area (TPSA) is 121 Å². The number of carbonyl (C=O) groups excluding carboxylic acids is 1. The number of phenolic OH excluding ortho intramolecular Hbond substituents is 1. The second-order valence-corrected chi connectivity index (χ2v) is 6.29. The second-order valence-electron chi connectivity index (χ2n) is 2.99. The molecule has 0 aliphatic heterocycles. The van der Waals surface area contributed by atoms with Gasteiger partial charge in [0.25, 0.3) is 0 Å². The molecule has 82 valence electrons. The van der Waals surface area contributed by atoms with Crippen molar-refractivity contribution in [3.8, 4) is 5.75 Å². The zero-order valence-electron chi connectivity index (χ0n) is 7.84. The summed E-state index contributed by atoms with van der Waals surface area (Å²) in [7, 11) is 0. The molecule has 5 N–H and O–H groups in total. The summed E-state index contributed by atoms with van der Waals surface area (Å²) in [4.78, 5) is 11.1. The van der Waals surface area contributed by atoms with Gasteiger partial charge in [0.2, 0.25) is 0 Å². The van der Waals surface area contributed by atoms with Gasteiger partial charge in [0.1, 0.15) is 0 Å². The van der Waals surface area contributed by atoms with Gasteiger partial charge in [-0.05, 0) is 0 Å². The Morgan fingerprint density at radius 2 is 1.93 bits per heavy atom. The molecule has 0 spiro atoms. The number of hydrogen-bond donors (Lipinski definition) is 4. The van der Waals surface area contributed by atoms with E-state index in [1.54, 1.807) is 0 Å². The summed E-state index contributed by atoms with van der Waals surface area (Å²) >= 11 is -5.16. The molecule has 0 bridgehead atoms. The monoisotopic (exact) mass is 275 g/mol. The van der Waals surface area contributed by atoms with Crippen molar-refractivity contribution in [2.24, 2.45) is 0 Å². The summed E-state index contributed by atoms with van der Waals surface area (Å²) < 4.78 is 28.6. The molecule has 6 nitrogen and oxygen atoms in total. The molecule has 0 atom stereocenters. The fourth-order valence-corrected chi connectivity index (χ4v) is 2.68. The van der Waals surface area contributed by atoms with Gasteiger partial charge in [-0.15, -0.1) is 0 Å². The maximum atomic E-state index is 11.1. The summed E-state index contributed by atoms with van der Waals surface area (Å²) in [5.74, 6) is -0.927. The molecule has 15 heavy (non-hydrogen) atoms. The molecule has 7 heteroatoms. The summed E-state index contributed by atoms with van der Waals surface area (Å²) in [5, 5.41) is 9.30. The number of anilines is 1. The van der Waals surface area contributed by atoms with Gasteiger partial charge in [0.05, 0.1) is 0 Å². The summed E-state index contributed by atoms with van der Waals surface area (Å²) in [5.41, 5.74) is 4.81. The normalized spacial score (nSPS) is 11.4. The van der Waals surface area contributed by atoms with Gasteiger partial charge >= 0.3 is 87.9 Å². The Morgan fingerprint density at radius 3 is 2.33 bits per heavy atom. The van der Waals surface area contributed by atoms with E-state index in [2.05, 4.69) is 0 Å². The van der Waals surface area contributed by atoms with E-state index in [1.807, 2.05) is 0 Å². The van der Waals surface area contributed by atoms with Gasteiger partial charge in [0.15, 0.2) is 0 Å². The molecule has 0 aliphatic carbocycles. The van der Waals surface area contributed by atoms with Crippen LogP contribution in [0.5, 0.6) is 5.75 Å². The summed E-state index contributed by atoms with van der Waals surface area (Å²) in [6.45, 7) is 1.15. The molecule has 0 aliphatic rings. The average molecular weight is 275 g/mol. The molecule has 0 saturated carbocycles. The Labute approximate surface area is 88.3 Å². The van der Waals surface area contributed by atoms with Crippen molar-refractivity contribution < 1.29 is 21.8 Å². The number of phenols is 1. The minimum atomic E-state index is -5.16. The van der Waals surface area contributed by atoms with Crippen LogP contribution in [-0.4, -0.2) is 33.3 Å². The number of ketones is 1. The van der Waals surface area contributed by atoms with Crippen molar-refractivity contribution in [2.45, 2.75) is 6.92 Å². The summed E-state index contributed by atoms with van der Waals surface area (Å²) in [6.07, 6.45) is 0. The van der Waals surface area contributed by atoms with Crippen LogP contribution < -0.4 is 10.1 Å². The number of hydrogen-bond acceptors (Lipinski definition) is 4. The van der Waals surface area contributed by atoms with Crippen molar-refractivity contribution in [2.75, 3.05) is 5.73 Å². The third-order valence-electron chi connectivity index (χ3n) is 1.87. The van der Waals surface area contributed by atoms with Gasteiger partial charge in [-0.25, -0.2) is 0 Å². The van der Waals surface area contributed by atoms with E-state index in [0.29, 0.717) is 0 Å². The number of rotatable bonds is 2. The van der Waals surface area contributed by atoms with E-state index >= 15 is 0 Å². The number of Topliss-reactive ketones (excluding diaryl/α,β-unsaturated/α-hetero) is 1. The molecule has 0 aromatic heterocycles. The third kappa shape index (κ3) is 2.23. The third-order valence-corrected chi connectivity index (χ3v) is 4.00. The van der Waals surface area contributed by atoms with Crippen molar-refractivity contribution in [3.05, 3.63) is 17.7 Å². The first kappa shape index (κ1) is 11.8. The van der Waals surface area contributed by atoms with Crippen LogP contribution >= 0.6 is 0 Å². The molecule has 1 aromatic rings. The van der Waals surface area contributed by atoms with Gasteiger partial charge in [0, 0.05) is 0 Å². The fourth-order valence-electron chi connectivity index (χ4n) is 1.22. The predicted molar refractivity (Wildman–Crippen MR) is 53.0 cm³/mol. The average Bonchev–Trinajstić information content (AvgIpc) is 2.00. The molecule has 0 fully saturated rings. The molecule has 0 amide bonds. The molecule has 0 heterocycles. The van der Waals surface area contributed by atoms with E-state index < -0.39 is 24.3 Å². The van der Waals surface area contributed by atoms with E-state index in [1.165, 1.54) is 0 Å². The molecule has 0 radical (unpaired) electrons. The first-order chi connectivity index (χ1) is 6.75. The molecule has 0 saturated heterocycles. The van der Waals surface area contributed by atoms with Crippen LogP contribution in [-0.2, 0) is 3.74 Å². The number of aromatic hydroxyl groups is 1. The van der Waals surface area contributed by atoms with Crippen LogP contribution in [0.4, 0.5) is 5.69 Å². The van der Waals surface area contributed by atoms with Gasteiger partial charge in [-0.2, -0.15) is 0 Å². The molecular formula is C8H10AsNO5. The first-order valence-electron chi connectivity index (χ1n) is 3.93. The Balaban J connectivity index is 3.56. The van der Waals surface area contributed by atoms with Gasteiger partial charge < -0.3 is 0 Å². The zero-order valence-corrected chi connectivity index (χ0v) is 9.71. The number of nitrogen functional groups attached to an aromatic ring is 1. The summed E-state index contributed by atoms with van der Waals surface area (Å²) in [6, 6.07) is 2.07. The van der Waals surface area contributed by atoms with Crippen molar-refractivity contribution >= 4 is 30.0 Å². The van der Waals surface area contributed by atoms with E-state index in [0.717, 1.165) is 19.1 Å². The number of carbonyl (C=O) groups is 1. The maximum absolute atomic E-state index is 11.1. The Morgan fingerprint density at radius 1 is 1.40 bits per heavy atom. The van der Waals surface area contributed by atoms with Crippen LogP contribution in [0.15, 0.2) is 12.1 Å². The van der Waals surface area contributed by atoms with E-state index in [9.17, 15) is 13.6 Å². The Bertz CT molecular complexity index is 464. The van der Waals surface area contributed by atoms with Crippen molar-refractivity contribution in [1.82, 2.24) is 0 Å². The molecular weight excluding hydrogens is 265 g/mol. The van der Waals surface area contributed by atoms with Crippen molar-refractivity contribution in [1.29, 1.82) is 0 Å². The number of benzene rings is 1. The SMILES string of the molecule is CC(=O)c1c(O)ccc([As](=O)(O)O)c1N. The van der Waals surface area contributed by atoms with Gasteiger partial charge in [-0.3, -0.25) is 0 Å². The quantitative estimate of drug-likeness (QED) is 0.303.